The number of anilines is 1. The summed E-state index contributed by atoms with van der Waals surface area (Å²) in [5, 5.41) is 2.70. The van der Waals surface area contributed by atoms with E-state index in [-0.39, 0.29) is 13.0 Å². The van der Waals surface area contributed by atoms with Crippen LogP contribution in [0, 0.1) is 6.92 Å². The second kappa shape index (κ2) is 7.90. The fourth-order valence-corrected chi connectivity index (χ4v) is 2.67. The van der Waals surface area contributed by atoms with Crippen molar-refractivity contribution in [2.24, 2.45) is 0 Å². The summed E-state index contributed by atoms with van der Waals surface area (Å²) in [5.74, 6) is -0.919. The van der Waals surface area contributed by atoms with Crippen molar-refractivity contribution in [3.63, 3.8) is 0 Å². The van der Waals surface area contributed by atoms with E-state index in [4.69, 9.17) is 14.2 Å². The van der Waals surface area contributed by atoms with E-state index in [1.165, 1.54) is 7.11 Å². The average molecular weight is 369 g/mol. The minimum atomic E-state index is -0.949. The van der Waals surface area contributed by atoms with Gasteiger partial charge >= 0.3 is 11.9 Å². The molecule has 2 aromatic rings. The number of rotatable bonds is 5. The van der Waals surface area contributed by atoms with Gasteiger partial charge in [0.2, 0.25) is 0 Å². The maximum absolute atomic E-state index is 12.2. The highest BCUT2D eigenvalue weighted by Crippen LogP contribution is 2.29. The van der Waals surface area contributed by atoms with Crippen molar-refractivity contribution in [3.8, 4) is 5.75 Å². The second-order valence-electron chi connectivity index (χ2n) is 6.09. The number of para-hydroxylation sites is 2. The molecule has 0 spiro atoms. The highest BCUT2D eigenvalue weighted by atomic mass is 16.5. The van der Waals surface area contributed by atoms with Crippen LogP contribution in [0.2, 0.25) is 0 Å². The first-order valence-corrected chi connectivity index (χ1v) is 8.38. The van der Waals surface area contributed by atoms with Crippen LogP contribution in [-0.4, -0.2) is 31.1 Å². The molecule has 140 valence electrons. The number of ether oxygens (including phenoxy) is 3. The van der Waals surface area contributed by atoms with Gasteiger partial charge in [-0.15, -0.1) is 0 Å². The van der Waals surface area contributed by atoms with Crippen molar-refractivity contribution in [1.29, 1.82) is 0 Å². The molecule has 0 aromatic heterocycles. The van der Waals surface area contributed by atoms with Gasteiger partial charge in [0.25, 0.3) is 5.91 Å². The van der Waals surface area contributed by atoms with Gasteiger partial charge in [-0.25, -0.2) is 4.79 Å². The van der Waals surface area contributed by atoms with Gasteiger partial charge in [0.05, 0.1) is 24.8 Å². The van der Waals surface area contributed by atoms with Gasteiger partial charge in [-0.05, 0) is 42.3 Å². The number of carbonyl (C=O) groups excluding carboxylic acids is 3. The largest absolute Gasteiger partial charge is 0.478 e. The molecule has 0 bridgehead atoms. The molecular formula is C20H19NO6. The molecule has 0 saturated heterocycles. The number of nitrogens with one attached hydrogen (secondary N) is 1. The lowest BCUT2D eigenvalue weighted by Gasteiger charge is -2.25. The Hall–Kier alpha value is -3.35. The Kier molecular flexibility index (Phi) is 5.40. The third-order valence-electron chi connectivity index (χ3n) is 4.22. The monoisotopic (exact) mass is 369 g/mol. The molecule has 0 radical (unpaired) electrons. The highest BCUT2D eigenvalue weighted by molar-refractivity contribution is 5.99. The van der Waals surface area contributed by atoms with Crippen LogP contribution in [0.3, 0.4) is 0 Å². The van der Waals surface area contributed by atoms with Crippen molar-refractivity contribution in [1.82, 2.24) is 0 Å². The topological polar surface area (TPSA) is 90.9 Å². The molecule has 7 nitrogen and oxygen atoms in total. The van der Waals surface area contributed by atoms with Crippen LogP contribution in [0.25, 0.3) is 0 Å². The first-order valence-electron chi connectivity index (χ1n) is 8.38. The van der Waals surface area contributed by atoms with E-state index in [0.717, 1.165) is 5.56 Å². The number of fused-ring (bicyclic) bond motifs is 1. The third kappa shape index (κ3) is 4.25. The van der Waals surface area contributed by atoms with Gasteiger partial charge in [0.15, 0.2) is 6.10 Å². The summed E-state index contributed by atoms with van der Waals surface area (Å²) in [6.07, 6.45) is -1.16. The molecule has 3 rings (SSSR count). The zero-order chi connectivity index (χ0) is 19.4. The summed E-state index contributed by atoms with van der Waals surface area (Å²) in [6, 6.07) is 12.0. The second-order valence-corrected chi connectivity index (χ2v) is 6.09. The molecule has 7 heteroatoms. The summed E-state index contributed by atoms with van der Waals surface area (Å²) < 4.78 is 15.5. The Morgan fingerprint density at radius 2 is 1.96 bits per heavy atom. The van der Waals surface area contributed by atoms with Crippen molar-refractivity contribution in [2.75, 3.05) is 12.4 Å². The fourth-order valence-electron chi connectivity index (χ4n) is 2.67. The molecule has 1 N–H and O–H groups in total. The molecule has 0 saturated carbocycles. The standard InChI is InChI=1S/C20H19NO6/c1-12-7-8-13(20(24)25-2)9-14(12)11-26-18(22)10-17-19(23)21-15-5-3-4-6-16(15)27-17/h3-9,17H,10-11H2,1-2H3,(H,21,23). The number of methoxy groups -OCH3 is 1. The highest BCUT2D eigenvalue weighted by Gasteiger charge is 2.30. The number of aryl methyl sites for hydroxylation is 1. The summed E-state index contributed by atoms with van der Waals surface area (Å²) in [7, 11) is 1.30. The normalized spacial score (nSPS) is 15.2. The Bertz CT molecular complexity index is 892. The van der Waals surface area contributed by atoms with Crippen molar-refractivity contribution in [3.05, 3.63) is 59.2 Å². The minimum absolute atomic E-state index is 0.0135. The molecule has 27 heavy (non-hydrogen) atoms. The maximum Gasteiger partial charge on any atom is 0.337 e. The van der Waals surface area contributed by atoms with E-state index < -0.39 is 23.9 Å². The Balaban J connectivity index is 1.60. The Morgan fingerprint density at radius 1 is 1.19 bits per heavy atom. The van der Waals surface area contributed by atoms with Crippen molar-refractivity contribution in [2.45, 2.75) is 26.1 Å². The van der Waals surface area contributed by atoms with Crippen molar-refractivity contribution < 1.29 is 28.6 Å². The number of hydrogen-bond donors (Lipinski definition) is 1. The summed E-state index contributed by atoms with van der Waals surface area (Å²) >= 11 is 0. The number of carbonyl (C=O) groups is 3. The molecular weight excluding hydrogens is 350 g/mol. The van der Waals surface area contributed by atoms with E-state index in [0.29, 0.717) is 22.6 Å². The number of hydrogen-bond acceptors (Lipinski definition) is 6. The maximum atomic E-state index is 12.2. The van der Waals surface area contributed by atoms with Gasteiger partial charge in [-0.2, -0.15) is 0 Å². The molecule has 0 aliphatic carbocycles. The van der Waals surface area contributed by atoms with Gasteiger partial charge < -0.3 is 19.5 Å². The number of amides is 1. The van der Waals surface area contributed by atoms with E-state index in [9.17, 15) is 14.4 Å². The minimum Gasteiger partial charge on any atom is -0.478 e. The van der Waals surface area contributed by atoms with Gasteiger partial charge in [-0.3, -0.25) is 9.59 Å². The lowest BCUT2D eigenvalue weighted by molar-refractivity contribution is -0.149. The SMILES string of the molecule is COC(=O)c1ccc(C)c(COC(=O)CC2Oc3ccccc3NC2=O)c1. The molecule has 2 aromatic carbocycles. The van der Waals surface area contributed by atoms with Crippen LogP contribution in [-0.2, 0) is 25.7 Å². The molecule has 1 amide bonds. The van der Waals surface area contributed by atoms with Gasteiger partial charge in [-0.1, -0.05) is 18.2 Å². The fraction of sp³-hybridized carbons (Fsp3) is 0.250. The van der Waals surface area contributed by atoms with E-state index >= 15 is 0 Å². The quantitative estimate of drug-likeness (QED) is 0.815. The average Bonchev–Trinajstić information content (AvgIpc) is 2.67. The Labute approximate surface area is 156 Å². The van der Waals surface area contributed by atoms with Crippen molar-refractivity contribution >= 4 is 23.5 Å². The molecule has 1 aliphatic rings. The predicted molar refractivity (Wildman–Crippen MR) is 96.4 cm³/mol. The van der Waals surface area contributed by atoms with Gasteiger partial charge in [0.1, 0.15) is 12.4 Å². The van der Waals surface area contributed by atoms with Crippen LogP contribution in [0.5, 0.6) is 5.75 Å². The lowest BCUT2D eigenvalue weighted by Crippen LogP contribution is -2.38. The molecule has 1 heterocycles. The first-order chi connectivity index (χ1) is 13.0. The molecule has 0 fully saturated rings. The molecule has 1 aliphatic heterocycles. The zero-order valence-corrected chi connectivity index (χ0v) is 15.0. The third-order valence-corrected chi connectivity index (χ3v) is 4.22. The van der Waals surface area contributed by atoms with Gasteiger partial charge in [0, 0.05) is 0 Å². The van der Waals surface area contributed by atoms with E-state index in [1.54, 1.807) is 42.5 Å². The number of esters is 2. The zero-order valence-electron chi connectivity index (χ0n) is 15.0. The van der Waals surface area contributed by atoms with E-state index in [2.05, 4.69) is 5.32 Å². The van der Waals surface area contributed by atoms with Crippen LogP contribution >= 0.6 is 0 Å². The number of benzene rings is 2. The van der Waals surface area contributed by atoms with Crippen LogP contribution < -0.4 is 10.1 Å². The summed E-state index contributed by atoms with van der Waals surface area (Å²) in [4.78, 5) is 35.9. The summed E-state index contributed by atoms with van der Waals surface area (Å²) in [6.45, 7) is 1.83. The summed E-state index contributed by atoms with van der Waals surface area (Å²) in [5.41, 5.74) is 2.50. The predicted octanol–water partition coefficient (Wildman–Crippen LogP) is 2.61. The smallest absolute Gasteiger partial charge is 0.337 e. The first kappa shape index (κ1) is 18.4. The van der Waals surface area contributed by atoms with Crippen LogP contribution in [0.4, 0.5) is 5.69 Å². The van der Waals surface area contributed by atoms with Crippen LogP contribution in [0.1, 0.15) is 27.9 Å². The van der Waals surface area contributed by atoms with Crippen LogP contribution in [0.15, 0.2) is 42.5 Å². The molecule has 1 atom stereocenters. The van der Waals surface area contributed by atoms with E-state index in [1.807, 2.05) is 6.92 Å². The Morgan fingerprint density at radius 3 is 2.74 bits per heavy atom. The molecule has 1 unspecified atom stereocenters. The lowest BCUT2D eigenvalue weighted by atomic mass is 10.1.